The lowest BCUT2D eigenvalue weighted by molar-refractivity contribution is 0.583. The molecule has 7 heteroatoms. The van der Waals surface area contributed by atoms with E-state index in [1.165, 1.54) is 6.07 Å². The van der Waals surface area contributed by atoms with Gasteiger partial charge in [-0.3, -0.25) is 0 Å². The summed E-state index contributed by atoms with van der Waals surface area (Å²) in [5, 5.41) is 1.03. The van der Waals surface area contributed by atoms with Crippen molar-refractivity contribution in [3.63, 3.8) is 0 Å². The standard InChI is InChI=1S/C12H14ClN3O2S/c1-8-7-9-3-2-4-10(11(9)16-12(8)13)19(17,18)15-6-5-14/h2-4,7,15H,5-6,14H2,1H3. The first kappa shape index (κ1) is 14.2. The molecule has 1 aromatic heterocycles. The van der Waals surface area contributed by atoms with Gasteiger partial charge in [-0.25, -0.2) is 18.1 Å². The molecule has 0 aliphatic rings. The molecule has 5 nitrogen and oxygen atoms in total. The van der Waals surface area contributed by atoms with Crippen LogP contribution >= 0.6 is 11.6 Å². The molecule has 0 spiro atoms. The Balaban J connectivity index is 2.64. The Kier molecular flexibility index (Phi) is 4.05. The molecule has 0 radical (unpaired) electrons. The Morgan fingerprint density at radius 3 is 2.84 bits per heavy atom. The third-order valence-electron chi connectivity index (χ3n) is 2.66. The molecule has 19 heavy (non-hydrogen) atoms. The first-order valence-electron chi connectivity index (χ1n) is 5.71. The fourth-order valence-corrected chi connectivity index (χ4v) is 3.10. The monoisotopic (exact) mass is 299 g/mol. The van der Waals surface area contributed by atoms with Crippen molar-refractivity contribution in [3.8, 4) is 0 Å². The van der Waals surface area contributed by atoms with Gasteiger partial charge in [0.1, 0.15) is 10.0 Å². The van der Waals surface area contributed by atoms with Gasteiger partial charge in [-0.05, 0) is 24.6 Å². The molecule has 0 saturated carbocycles. The van der Waals surface area contributed by atoms with Crippen molar-refractivity contribution in [1.82, 2.24) is 9.71 Å². The van der Waals surface area contributed by atoms with Crippen molar-refractivity contribution in [2.45, 2.75) is 11.8 Å². The summed E-state index contributed by atoms with van der Waals surface area (Å²) in [6.07, 6.45) is 0. The van der Waals surface area contributed by atoms with Crippen LogP contribution in [0.2, 0.25) is 5.15 Å². The Hall–Kier alpha value is -1.21. The molecule has 2 aromatic rings. The zero-order valence-electron chi connectivity index (χ0n) is 10.4. The fraction of sp³-hybridized carbons (Fsp3) is 0.250. The average molecular weight is 300 g/mol. The first-order valence-corrected chi connectivity index (χ1v) is 7.57. The number of halogens is 1. The summed E-state index contributed by atoms with van der Waals surface area (Å²) in [7, 11) is -3.63. The number of para-hydroxylation sites is 1. The van der Waals surface area contributed by atoms with E-state index < -0.39 is 10.0 Å². The second-order valence-corrected chi connectivity index (χ2v) is 6.20. The number of sulfonamides is 1. The van der Waals surface area contributed by atoms with Crippen LogP contribution in [0.4, 0.5) is 0 Å². The van der Waals surface area contributed by atoms with Gasteiger partial charge in [0.25, 0.3) is 0 Å². The summed E-state index contributed by atoms with van der Waals surface area (Å²) in [4.78, 5) is 4.28. The number of fused-ring (bicyclic) bond motifs is 1. The number of rotatable bonds is 4. The van der Waals surface area contributed by atoms with E-state index in [1.807, 2.05) is 13.0 Å². The average Bonchev–Trinajstić information content (AvgIpc) is 2.37. The van der Waals surface area contributed by atoms with Crippen molar-refractivity contribution >= 4 is 32.5 Å². The summed E-state index contributed by atoms with van der Waals surface area (Å²) in [6, 6.07) is 6.79. The van der Waals surface area contributed by atoms with Gasteiger partial charge in [0.2, 0.25) is 10.0 Å². The quantitative estimate of drug-likeness (QED) is 0.837. The van der Waals surface area contributed by atoms with Crippen molar-refractivity contribution in [1.29, 1.82) is 0 Å². The van der Waals surface area contributed by atoms with Crippen LogP contribution in [0.25, 0.3) is 10.9 Å². The Morgan fingerprint density at radius 1 is 1.42 bits per heavy atom. The molecule has 1 heterocycles. The third-order valence-corrected chi connectivity index (χ3v) is 4.54. The van der Waals surface area contributed by atoms with E-state index >= 15 is 0 Å². The van der Waals surface area contributed by atoms with Crippen LogP contribution in [-0.2, 0) is 10.0 Å². The van der Waals surface area contributed by atoms with Gasteiger partial charge < -0.3 is 5.73 Å². The largest absolute Gasteiger partial charge is 0.329 e. The zero-order chi connectivity index (χ0) is 14.0. The number of hydrogen-bond acceptors (Lipinski definition) is 4. The highest BCUT2D eigenvalue weighted by atomic mass is 35.5. The van der Waals surface area contributed by atoms with E-state index in [-0.39, 0.29) is 18.0 Å². The highest BCUT2D eigenvalue weighted by Gasteiger charge is 2.18. The van der Waals surface area contributed by atoms with Gasteiger partial charge in [-0.1, -0.05) is 23.7 Å². The molecule has 0 amide bonds. The van der Waals surface area contributed by atoms with Crippen molar-refractivity contribution in [2.75, 3.05) is 13.1 Å². The number of benzene rings is 1. The molecule has 0 fully saturated rings. The lowest BCUT2D eigenvalue weighted by Gasteiger charge is -2.09. The van der Waals surface area contributed by atoms with Gasteiger partial charge in [-0.2, -0.15) is 0 Å². The summed E-state index contributed by atoms with van der Waals surface area (Å²) >= 11 is 5.97. The highest BCUT2D eigenvalue weighted by Crippen LogP contribution is 2.25. The minimum absolute atomic E-state index is 0.111. The van der Waals surface area contributed by atoms with Gasteiger partial charge in [0, 0.05) is 18.5 Å². The van der Waals surface area contributed by atoms with E-state index in [2.05, 4.69) is 9.71 Å². The molecule has 0 saturated heterocycles. The number of pyridine rings is 1. The van der Waals surface area contributed by atoms with Gasteiger partial charge >= 0.3 is 0 Å². The number of aromatic nitrogens is 1. The molecule has 3 N–H and O–H groups in total. The lowest BCUT2D eigenvalue weighted by Crippen LogP contribution is -2.29. The summed E-state index contributed by atoms with van der Waals surface area (Å²) in [5.41, 5.74) is 6.47. The Morgan fingerprint density at radius 2 is 2.16 bits per heavy atom. The van der Waals surface area contributed by atoms with E-state index in [4.69, 9.17) is 17.3 Å². The van der Waals surface area contributed by atoms with Crippen LogP contribution in [-0.4, -0.2) is 26.5 Å². The van der Waals surface area contributed by atoms with Crippen LogP contribution < -0.4 is 10.5 Å². The van der Waals surface area contributed by atoms with Gasteiger partial charge in [0.15, 0.2) is 0 Å². The zero-order valence-corrected chi connectivity index (χ0v) is 11.9. The molecule has 0 aliphatic carbocycles. The number of aryl methyl sites for hydroxylation is 1. The molecule has 0 aliphatic heterocycles. The predicted octanol–water partition coefficient (Wildman–Crippen LogP) is 1.43. The maximum atomic E-state index is 12.2. The minimum Gasteiger partial charge on any atom is -0.329 e. The third kappa shape index (κ3) is 2.87. The number of nitrogens with one attached hydrogen (secondary N) is 1. The van der Waals surface area contributed by atoms with Crippen molar-refractivity contribution in [2.24, 2.45) is 5.73 Å². The van der Waals surface area contributed by atoms with Crippen LogP contribution in [0.15, 0.2) is 29.2 Å². The van der Waals surface area contributed by atoms with Crippen molar-refractivity contribution in [3.05, 3.63) is 35.0 Å². The van der Waals surface area contributed by atoms with Crippen LogP contribution in [0.3, 0.4) is 0 Å². The maximum Gasteiger partial charge on any atom is 0.242 e. The smallest absolute Gasteiger partial charge is 0.242 e. The van der Waals surface area contributed by atoms with Crippen LogP contribution in [0, 0.1) is 6.92 Å². The topological polar surface area (TPSA) is 85.1 Å². The molecular formula is C12H14ClN3O2S. The summed E-state index contributed by atoms with van der Waals surface area (Å²) in [6.45, 7) is 2.23. The maximum absolute atomic E-state index is 12.2. The SMILES string of the molecule is Cc1cc2cccc(S(=O)(=O)NCCN)c2nc1Cl. The molecule has 102 valence electrons. The van der Waals surface area contributed by atoms with Gasteiger partial charge in [0.05, 0.1) is 5.52 Å². The minimum atomic E-state index is -3.63. The van der Waals surface area contributed by atoms with E-state index in [0.29, 0.717) is 10.7 Å². The number of nitrogens with two attached hydrogens (primary N) is 1. The van der Waals surface area contributed by atoms with Crippen LogP contribution in [0.1, 0.15) is 5.56 Å². The highest BCUT2D eigenvalue weighted by molar-refractivity contribution is 7.89. The first-order chi connectivity index (χ1) is 8.95. The molecule has 0 atom stereocenters. The van der Waals surface area contributed by atoms with E-state index in [9.17, 15) is 8.42 Å². The second kappa shape index (κ2) is 5.42. The second-order valence-electron chi connectivity index (χ2n) is 4.11. The number of hydrogen-bond donors (Lipinski definition) is 2. The lowest BCUT2D eigenvalue weighted by atomic mass is 10.2. The normalized spacial score (nSPS) is 11.9. The molecule has 0 bridgehead atoms. The number of nitrogens with zero attached hydrogens (tertiary/aromatic N) is 1. The summed E-state index contributed by atoms with van der Waals surface area (Å²) < 4.78 is 26.7. The molecule has 1 aromatic carbocycles. The molecular weight excluding hydrogens is 286 g/mol. The van der Waals surface area contributed by atoms with E-state index in [1.54, 1.807) is 12.1 Å². The fourth-order valence-electron chi connectivity index (χ4n) is 1.74. The predicted molar refractivity (Wildman–Crippen MR) is 75.7 cm³/mol. The summed E-state index contributed by atoms with van der Waals surface area (Å²) in [5.74, 6) is 0. The Labute approximate surface area is 116 Å². The van der Waals surface area contributed by atoms with Crippen molar-refractivity contribution < 1.29 is 8.42 Å². The Bertz CT molecular complexity index is 716. The van der Waals surface area contributed by atoms with Gasteiger partial charge in [-0.15, -0.1) is 0 Å². The molecule has 0 unspecified atom stereocenters. The molecule has 2 rings (SSSR count). The van der Waals surface area contributed by atoms with E-state index in [0.717, 1.165) is 10.9 Å². The van der Waals surface area contributed by atoms with Crippen LogP contribution in [0.5, 0.6) is 0 Å².